The molecule has 0 spiro atoms. The number of nitrogens with zero attached hydrogens (tertiary/aromatic N) is 2. The minimum atomic E-state index is -0.327. The first-order chi connectivity index (χ1) is 12.1. The summed E-state index contributed by atoms with van der Waals surface area (Å²) < 4.78 is 9.75. The van der Waals surface area contributed by atoms with Crippen molar-refractivity contribution in [2.75, 3.05) is 54.6 Å². The van der Waals surface area contributed by atoms with Crippen molar-refractivity contribution in [2.45, 2.75) is 13.0 Å². The molecule has 0 aliphatic heterocycles. The van der Waals surface area contributed by atoms with Crippen LogP contribution in [-0.2, 0) is 16.0 Å². The minimum absolute atomic E-state index is 0. The van der Waals surface area contributed by atoms with E-state index in [9.17, 15) is 4.79 Å². The number of likely N-dealkylation sites (N-methyl/N-ethyl adjacent to an activating group) is 1. The van der Waals surface area contributed by atoms with Crippen molar-refractivity contribution in [1.82, 2.24) is 15.5 Å². The molecule has 0 unspecified atom stereocenters. The molecule has 1 aromatic rings. The SMILES string of the molecule is CN=C(NCCN(C)CCCOC)NCc1ccc(C(=O)OC)cc1.I. The molecular formula is C18H31IN4O3. The number of carbonyl (C=O) groups is 1. The summed E-state index contributed by atoms with van der Waals surface area (Å²) in [7, 11) is 6.94. The van der Waals surface area contributed by atoms with Gasteiger partial charge >= 0.3 is 5.97 Å². The maximum Gasteiger partial charge on any atom is 0.337 e. The lowest BCUT2D eigenvalue weighted by Crippen LogP contribution is -2.40. The Morgan fingerprint density at radius 1 is 1.15 bits per heavy atom. The third kappa shape index (κ3) is 9.93. The van der Waals surface area contributed by atoms with E-state index in [0.29, 0.717) is 12.1 Å². The number of hydrogen-bond acceptors (Lipinski definition) is 5. The summed E-state index contributed by atoms with van der Waals surface area (Å²) in [5.74, 6) is 0.425. The molecule has 0 heterocycles. The summed E-state index contributed by atoms with van der Waals surface area (Å²) in [6, 6.07) is 7.31. The number of hydrogen-bond donors (Lipinski definition) is 2. The highest BCUT2D eigenvalue weighted by atomic mass is 127. The molecule has 0 aliphatic carbocycles. The molecule has 148 valence electrons. The lowest BCUT2D eigenvalue weighted by atomic mass is 10.1. The van der Waals surface area contributed by atoms with E-state index in [1.54, 1.807) is 26.3 Å². The van der Waals surface area contributed by atoms with Gasteiger partial charge in [-0.25, -0.2) is 4.79 Å². The van der Waals surface area contributed by atoms with Gasteiger partial charge in [0.25, 0.3) is 0 Å². The first-order valence-electron chi connectivity index (χ1n) is 8.40. The van der Waals surface area contributed by atoms with E-state index in [-0.39, 0.29) is 29.9 Å². The number of methoxy groups -OCH3 is 2. The van der Waals surface area contributed by atoms with Gasteiger partial charge in [-0.15, -0.1) is 24.0 Å². The van der Waals surface area contributed by atoms with Crippen molar-refractivity contribution in [3.05, 3.63) is 35.4 Å². The summed E-state index contributed by atoms with van der Waals surface area (Å²) in [6.45, 7) is 4.16. The molecule has 0 aliphatic rings. The highest BCUT2D eigenvalue weighted by molar-refractivity contribution is 14.0. The number of rotatable bonds is 10. The molecule has 7 nitrogen and oxygen atoms in total. The lowest BCUT2D eigenvalue weighted by molar-refractivity contribution is 0.0600. The Bertz CT molecular complexity index is 538. The van der Waals surface area contributed by atoms with Gasteiger partial charge in [-0.3, -0.25) is 4.99 Å². The molecule has 0 bridgehead atoms. The first kappa shape index (κ1) is 24.6. The molecule has 0 aromatic heterocycles. The first-order valence-corrected chi connectivity index (χ1v) is 8.40. The number of guanidine groups is 1. The van der Waals surface area contributed by atoms with Crippen LogP contribution in [0.1, 0.15) is 22.3 Å². The number of nitrogens with one attached hydrogen (secondary N) is 2. The van der Waals surface area contributed by atoms with Gasteiger partial charge in [-0.2, -0.15) is 0 Å². The van der Waals surface area contributed by atoms with E-state index in [4.69, 9.17) is 9.47 Å². The van der Waals surface area contributed by atoms with Crippen LogP contribution in [0.3, 0.4) is 0 Å². The van der Waals surface area contributed by atoms with E-state index < -0.39 is 0 Å². The van der Waals surface area contributed by atoms with E-state index in [0.717, 1.165) is 44.2 Å². The zero-order chi connectivity index (χ0) is 18.5. The van der Waals surface area contributed by atoms with E-state index in [2.05, 4.69) is 27.6 Å². The summed E-state index contributed by atoms with van der Waals surface area (Å²) in [5, 5.41) is 6.55. The van der Waals surface area contributed by atoms with Crippen molar-refractivity contribution >= 4 is 35.9 Å². The molecule has 0 amide bonds. The molecule has 1 rings (SSSR count). The molecule has 0 atom stereocenters. The molecule has 8 heteroatoms. The van der Waals surface area contributed by atoms with Crippen molar-refractivity contribution < 1.29 is 14.3 Å². The number of halogens is 1. The molecule has 0 fully saturated rings. The van der Waals surface area contributed by atoms with Gasteiger partial charge in [-0.05, 0) is 31.2 Å². The van der Waals surface area contributed by atoms with Crippen LogP contribution in [0, 0.1) is 0 Å². The van der Waals surface area contributed by atoms with Crippen LogP contribution in [0.15, 0.2) is 29.3 Å². The molecule has 0 saturated heterocycles. The number of aliphatic imine (C=N–C) groups is 1. The Morgan fingerprint density at radius 3 is 2.42 bits per heavy atom. The normalized spacial score (nSPS) is 11.0. The minimum Gasteiger partial charge on any atom is -0.465 e. The lowest BCUT2D eigenvalue weighted by Gasteiger charge is -2.18. The van der Waals surface area contributed by atoms with Gasteiger partial charge in [0.1, 0.15) is 0 Å². The topological polar surface area (TPSA) is 75.2 Å². The quantitative estimate of drug-likeness (QED) is 0.176. The van der Waals surface area contributed by atoms with Gasteiger partial charge in [-0.1, -0.05) is 12.1 Å². The number of esters is 1. The standard InChI is InChI=1S/C18H30N4O3.HI/c1-19-18(20-10-12-22(2)11-5-13-24-3)21-14-15-6-8-16(9-7-15)17(23)25-4;/h6-9H,5,10-14H2,1-4H3,(H2,19,20,21);1H. The second-order valence-electron chi connectivity index (χ2n) is 5.69. The molecule has 2 N–H and O–H groups in total. The van der Waals surface area contributed by atoms with Crippen LogP contribution < -0.4 is 10.6 Å². The van der Waals surface area contributed by atoms with Crippen molar-refractivity contribution in [3.63, 3.8) is 0 Å². The Morgan fingerprint density at radius 2 is 1.85 bits per heavy atom. The molecule has 26 heavy (non-hydrogen) atoms. The summed E-state index contributed by atoms with van der Waals surface area (Å²) in [6.07, 6.45) is 1.03. The van der Waals surface area contributed by atoms with Crippen LogP contribution >= 0.6 is 24.0 Å². The van der Waals surface area contributed by atoms with Gasteiger partial charge in [0.05, 0.1) is 12.7 Å². The fourth-order valence-corrected chi connectivity index (χ4v) is 2.24. The van der Waals surface area contributed by atoms with Crippen molar-refractivity contribution in [2.24, 2.45) is 4.99 Å². The van der Waals surface area contributed by atoms with E-state index >= 15 is 0 Å². The summed E-state index contributed by atoms with van der Waals surface area (Å²) >= 11 is 0. The Hall–Kier alpha value is -1.39. The van der Waals surface area contributed by atoms with Crippen molar-refractivity contribution in [3.8, 4) is 0 Å². The zero-order valence-corrected chi connectivity index (χ0v) is 18.4. The monoisotopic (exact) mass is 478 g/mol. The fourth-order valence-electron chi connectivity index (χ4n) is 2.24. The Labute approximate surface area is 173 Å². The van der Waals surface area contributed by atoms with Crippen LogP contribution in [0.25, 0.3) is 0 Å². The smallest absolute Gasteiger partial charge is 0.337 e. The van der Waals surface area contributed by atoms with Gasteiger partial charge in [0.15, 0.2) is 5.96 Å². The maximum absolute atomic E-state index is 11.4. The average molecular weight is 478 g/mol. The predicted octanol–water partition coefficient (Wildman–Crippen LogP) is 1.72. The Kier molecular flexibility index (Phi) is 14.0. The van der Waals surface area contributed by atoms with Gasteiger partial charge in [0, 0.05) is 46.9 Å². The molecular weight excluding hydrogens is 447 g/mol. The van der Waals surface area contributed by atoms with Crippen LogP contribution in [-0.4, -0.2) is 71.4 Å². The fraction of sp³-hybridized carbons (Fsp3) is 0.556. The maximum atomic E-state index is 11.4. The second-order valence-corrected chi connectivity index (χ2v) is 5.69. The van der Waals surface area contributed by atoms with Crippen LogP contribution in [0.2, 0.25) is 0 Å². The van der Waals surface area contributed by atoms with Gasteiger partial charge in [0.2, 0.25) is 0 Å². The summed E-state index contributed by atoms with van der Waals surface area (Å²) in [5.41, 5.74) is 1.61. The predicted molar refractivity (Wildman–Crippen MR) is 115 cm³/mol. The van der Waals surface area contributed by atoms with E-state index in [1.807, 2.05) is 12.1 Å². The van der Waals surface area contributed by atoms with Gasteiger partial charge < -0.3 is 25.0 Å². The van der Waals surface area contributed by atoms with Crippen LogP contribution in [0.4, 0.5) is 0 Å². The highest BCUT2D eigenvalue weighted by Crippen LogP contribution is 2.05. The second kappa shape index (κ2) is 14.7. The molecule has 1 aromatic carbocycles. The highest BCUT2D eigenvalue weighted by Gasteiger charge is 2.05. The zero-order valence-electron chi connectivity index (χ0n) is 16.1. The average Bonchev–Trinajstić information content (AvgIpc) is 2.64. The van der Waals surface area contributed by atoms with Crippen LogP contribution in [0.5, 0.6) is 0 Å². The number of ether oxygens (including phenoxy) is 2. The van der Waals surface area contributed by atoms with E-state index in [1.165, 1.54) is 7.11 Å². The molecule has 0 saturated carbocycles. The Balaban J connectivity index is 0.00000625. The third-order valence-electron chi connectivity index (χ3n) is 3.73. The number of benzene rings is 1. The van der Waals surface area contributed by atoms with Crippen molar-refractivity contribution in [1.29, 1.82) is 0 Å². The largest absolute Gasteiger partial charge is 0.465 e. The molecule has 0 radical (unpaired) electrons. The number of carbonyl (C=O) groups excluding carboxylic acids is 1. The third-order valence-corrected chi connectivity index (χ3v) is 3.73. The summed E-state index contributed by atoms with van der Waals surface area (Å²) in [4.78, 5) is 17.9.